The van der Waals surface area contributed by atoms with Crippen molar-refractivity contribution in [3.8, 4) is 5.75 Å². The molecule has 2 saturated heterocycles. The number of methoxy groups -OCH3 is 1. The predicted molar refractivity (Wildman–Crippen MR) is 131 cm³/mol. The van der Waals surface area contributed by atoms with Gasteiger partial charge in [-0.25, -0.2) is 8.42 Å². The van der Waals surface area contributed by atoms with Crippen LogP contribution in [-0.2, 0) is 26.0 Å². The minimum absolute atomic E-state index is 0.0483. The van der Waals surface area contributed by atoms with E-state index in [1.807, 2.05) is 24.3 Å². The van der Waals surface area contributed by atoms with Crippen LogP contribution in [0.25, 0.3) is 0 Å². The van der Waals surface area contributed by atoms with E-state index in [2.05, 4.69) is 22.2 Å². The first kappa shape index (κ1) is 24.5. The number of sulfonamides is 1. The molecule has 0 aliphatic carbocycles. The van der Waals surface area contributed by atoms with Gasteiger partial charge in [-0.05, 0) is 36.9 Å². The van der Waals surface area contributed by atoms with Gasteiger partial charge in [-0.1, -0.05) is 18.2 Å². The Labute approximate surface area is 201 Å². The van der Waals surface area contributed by atoms with Gasteiger partial charge in [-0.3, -0.25) is 4.79 Å². The fourth-order valence-electron chi connectivity index (χ4n) is 4.24. The Bertz CT molecular complexity index is 1110. The number of morpholine rings is 1. The minimum atomic E-state index is -3.76. The zero-order chi connectivity index (χ0) is 24.1. The Morgan fingerprint density at radius 1 is 1.03 bits per heavy atom. The topological polar surface area (TPSA) is 91.4 Å². The van der Waals surface area contributed by atoms with Crippen LogP contribution < -0.4 is 15.0 Å². The molecule has 0 radical (unpaired) electrons. The molecule has 2 aliphatic rings. The molecule has 0 unspecified atom stereocenters. The Morgan fingerprint density at radius 2 is 1.74 bits per heavy atom. The number of likely N-dealkylation sites (N-methyl/N-ethyl adjacent to an activating group) is 1. The highest BCUT2D eigenvalue weighted by molar-refractivity contribution is 7.89. The summed E-state index contributed by atoms with van der Waals surface area (Å²) in [6, 6.07) is 12.6. The molecule has 2 fully saturated rings. The normalized spacial score (nSPS) is 18.0. The number of hydrogen-bond donors (Lipinski definition) is 1. The van der Waals surface area contributed by atoms with Crippen LogP contribution in [0.5, 0.6) is 5.75 Å². The molecule has 2 heterocycles. The second-order valence-electron chi connectivity index (χ2n) is 8.53. The van der Waals surface area contributed by atoms with Crippen LogP contribution in [0.4, 0.5) is 11.4 Å². The van der Waals surface area contributed by atoms with Gasteiger partial charge >= 0.3 is 0 Å². The van der Waals surface area contributed by atoms with E-state index < -0.39 is 10.0 Å². The SMILES string of the molecule is COc1ccc(CC(=O)Nc2ccccc2N2CCN(C)CC2)cc1S(=O)(=O)N1CCOCC1. The van der Waals surface area contributed by atoms with E-state index in [4.69, 9.17) is 9.47 Å². The minimum Gasteiger partial charge on any atom is -0.495 e. The number of hydrogen-bond acceptors (Lipinski definition) is 7. The number of rotatable bonds is 7. The van der Waals surface area contributed by atoms with Crippen LogP contribution in [0, 0.1) is 0 Å². The zero-order valence-electron chi connectivity index (χ0n) is 19.7. The lowest BCUT2D eigenvalue weighted by atomic mass is 10.1. The largest absolute Gasteiger partial charge is 0.495 e. The summed E-state index contributed by atoms with van der Waals surface area (Å²) in [7, 11) is -0.217. The molecule has 0 atom stereocenters. The summed E-state index contributed by atoms with van der Waals surface area (Å²) in [5.41, 5.74) is 2.35. The Morgan fingerprint density at radius 3 is 2.44 bits per heavy atom. The molecule has 2 aromatic carbocycles. The van der Waals surface area contributed by atoms with Crippen molar-refractivity contribution in [1.82, 2.24) is 9.21 Å². The molecular formula is C24H32N4O5S. The molecule has 0 spiro atoms. The van der Waals surface area contributed by atoms with Crippen LogP contribution >= 0.6 is 0 Å². The number of anilines is 2. The van der Waals surface area contributed by atoms with Crippen LogP contribution in [0.1, 0.15) is 5.56 Å². The number of benzene rings is 2. The van der Waals surface area contributed by atoms with E-state index in [0.29, 0.717) is 31.9 Å². The van der Waals surface area contributed by atoms with E-state index in [-0.39, 0.29) is 23.0 Å². The maximum absolute atomic E-state index is 13.2. The summed E-state index contributed by atoms with van der Waals surface area (Å²) in [5, 5.41) is 3.02. The van der Waals surface area contributed by atoms with Crippen molar-refractivity contribution in [2.45, 2.75) is 11.3 Å². The Kier molecular flexibility index (Phi) is 7.72. The van der Waals surface area contributed by atoms with Crippen molar-refractivity contribution in [3.63, 3.8) is 0 Å². The van der Waals surface area contributed by atoms with Crippen LogP contribution in [0.3, 0.4) is 0 Å². The van der Waals surface area contributed by atoms with Gasteiger partial charge in [0.2, 0.25) is 15.9 Å². The molecule has 2 aromatic rings. The number of piperazine rings is 1. The molecule has 4 rings (SSSR count). The lowest BCUT2D eigenvalue weighted by Crippen LogP contribution is -2.44. The summed E-state index contributed by atoms with van der Waals surface area (Å²) < 4.78 is 38.4. The second kappa shape index (κ2) is 10.7. The maximum Gasteiger partial charge on any atom is 0.246 e. The smallest absolute Gasteiger partial charge is 0.246 e. The molecule has 1 amide bonds. The molecule has 9 nitrogen and oxygen atoms in total. The van der Waals surface area contributed by atoms with Gasteiger partial charge in [0, 0.05) is 39.3 Å². The maximum atomic E-state index is 13.2. The number of carbonyl (C=O) groups excluding carboxylic acids is 1. The van der Waals surface area contributed by atoms with Crippen molar-refractivity contribution >= 4 is 27.3 Å². The number of para-hydroxylation sites is 2. The van der Waals surface area contributed by atoms with Crippen molar-refractivity contribution in [1.29, 1.82) is 0 Å². The fourth-order valence-corrected chi connectivity index (χ4v) is 5.85. The molecule has 1 N–H and O–H groups in total. The lowest BCUT2D eigenvalue weighted by molar-refractivity contribution is -0.115. The van der Waals surface area contributed by atoms with Gasteiger partial charge in [0.25, 0.3) is 0 Å². The highest BCUT2D eigenvalue weighted by atomic mass is 32.2. The fraction of sp³-hybridized carbons (Fsp3) is 0.458. The zero-order valence-corrected chi connectivity index (χ0v) is 20.5. The van der Waals surface area contributed by atoms with Gasteiger partial charge in [-0.2, -0.15) is 4.31 Å². The summed E-state index contributed by atoms with van der Waals surface area (Å²) in [5.74, 6) is 0.0533. The van der Waals surface area contributed by atoms with E-state index in [9.17, 15) is 13.2 Å². The summed E-state index contributed by atoms with van der Waals surface area (Å²) in [6.07, 6.45) is 0.0483. The van der Waals surface area contributed by atoms with Gasteiger partial charge in [-0.15, -0.1) is 0 Å². The van der Waals surface area contributed by atoms with E-state index in [0.717, 1.165) is 37.6 Å². The van der Waals surface area contributed by atoms with Crippen molar-refractivity contribution in [3.05, 3.63) is 48.0 Å². The summed E-state index contributed by atoms with van der Waals surface area (Å²) >= 11 is 0. The van der Waals surface area contributed by atoms with E-state index in [1.54, 1.807) is 12.1 Å². The first-order valence-electron chi connectivity index (χ1n) is 11.5. The third-order valence-corrected chi connectivity index (χ3v) is 8.12. The first-order valence-corrected chi connectivity index (χ1v) is 12.9. The highest BCUT2D eigenvalue weighted by Crippen LogP contribution is 2.30. The van der Waals surface area contributed by atoms with Crippen molar-refractivity contribution in [2.75, 3.05) is 76.9 Å². The molecule has 0 aromatic heterocycles. The van der Waals surface area contributed by atoms with Gasteiger partial charge < -0.3 is 24.6 Å². The quantitative estimate of drug-likeness (QED) is 0.634. The number of amides is 1. The monoisotopic (exact) mass is 488 g/mol. The standard InChI is InChI=1S/C24H32N4O5S/c1-26-9-11-27(12-10-26)21-6-4-3-5-20(21)25-24(29)18-19-7-8-22(32-2)23(17-19)34(30,31)28-13-15-33-16-14-28/h3-8,17H,9-16,18H2,1-2H3,(H,25,29). The third kappa shape index (κ3) is 5.52. The van der Waals surface area contributed by atoms with Crippen molar-refractivity contribution in [2.24, 2.45) is 0 Å². The predicted octanol–water partition coefficient (Wildman–Crippen LogP) is 1.65. The van der Waals surface area contributed by atoms with Crippen LogP contribution in [0.2, 0.25) is 0 Å². The highest BCUT2D eigenvalue weighted by Gasteiger charge is 2.29. The van der Waals surface area contributed by atoms with E-state index >= 15 is 0 Å². The summed E-state index contributed by atoms with van der Waals surface area (Å²) in [4.78, 5) is 17.6. The number of carbonyl (C=O) groups is 1. The summed E-state index contributed by atoms with van der Waals surface area (Å²) in [6.45, 7) is 5.02. The van der Waals surface area contributed by atoms with Crippen LogP contribution in [-0.4, -0.2) is 90.2 Å². The number of ether oxygens (including phenoxy) is 2. The van der Waals surface area contributed by atoms with Gasteiger partial charge in [0.15, 0.2) is 0 Å². The molecular weight excluding hydrogens is 456 g/mol. The molecule has 10 heteroatoms. The Balaban J connectivity index is 1.51. The first-order chi connectivity index (χ1) is 16.4. The van der Waals surface area contributed by atoms with Crippen molar-refractivity contribution < 1.29 is 22.7 Å². The molecule has 0 bridgehead atoms. The average Bonchev–Trinajstić information content (AvgIpc) is 2.85. The molecule has 184 valence electrons. The molecule has 0 saturated carbocycles. The number of nitrogens with zero attached hydrogens (tertiary/aromatic N) is 3. The second-order valence-corrected chi connectivity index (χ2v) is 10.4. The average molecular weight is 489 g/mol. The Hall–Kier alpha value is -2.66. The number of nitrogens with one attached hydrogen (secondary N) is 1. The molecule has 2 aliphatic heterocycles. The van der Waals surface area contributed by atoms with E-state index in [1.165, 1.54) is 17.5 Å². The third-order valence-electron chi connectivity index (χ3n) is 6.20. The molecule has 34 heavy (non-hydrogen) atoms. The van der Waals surface area contributed by atoms with Gasteiger partial charge in [0.05, 0.1) is 38.1 Å². The van der Waals surface area contributed by atoms with Crippen LogP contribution in [0.15, 0.2) is 47.4 Å². The lowest BCUT2D eigenvalue weighted by Gasteiger charge is -2.35. The van der Waals surface area contributed by atoms with Gasteiger partial charge in [0.1, 0.15) is 10.6 Å².